The molecular formula is C15H16ClNS. The van der Waals surface area contributed by atoms with Crippen molar-refractivity contribution in [2.75, 3.05) is 0 Å². The van der Waals surface area contributed by atoms with Gasteiger partial charge in [0.1, 0.15) is 0 Å². The van der Waals surface area contributed by atoms with Crippen LogP contribution < -0.4 is 5.73 Å². The smallest absolute Gasteiger partial charge is 0.0417 e. The third-order valence-corrected chi connectivity index (χ3v) is 4.28. The van der Waals surface area contributed by atoms with Crippen LogP contribution in [0.25, 0.3) is 0 Å². The highest BCUT2D eigenvalue weighted by atomic mass is 35.5. The van der Waals surface area contributed by atoms with Crippen LogP contribution >= 0.6 is 23.4 Å². The average molecular weight is 278 g/mol. The lowest BCUT2D eigenvalue weighted by molar-refractivity contribution is 1.03. The van der Waals surface area contributed by atoms with E-state index in [9.17, 15) is 0 Å². The molecular weight excluding hydrogens is 262 g/mol. The van der Waals surface area contributed by atoms with Gasteiger partial charge in [-0.2, -0.15) is 0 Å². The fourth-order valence-electron chi connectivity index (χ4n) is 1.76. The Bertz CT molecular complexity index is 540. The quantitative estimate of drug-likeness (QED) is 0.839. The highest BCUT2D eigenvalue weighted by molar-refractivity contribution is 7.98. The summed E-state index contributed by atoms with van der Waals surface area (Å²) in [6, 6.07) is 14.3. The van der Waals surface area contributed by atoms with Gasteiger partial charge < -0.3 is 5.73 Å². The van der Waals surface area contributed by atoms with Crippen LogP contribution in [0, 0.1) is 6.92 Å². The van der Waals surface area contributed by atoms with Gasteiger partial charge in [-0.15, -0.1) is 11.8 Å². The molecule has 2 aromatic rings. The average Bonchev–Trinajstić information content (AvgIpc) is 2.38. The Labute approximate surface area is 117 Å². The van der Waals surface area contributed by atoms with Gasteiger partial charge in [-0.3, -0.25) is 0 Å². The first-order valence-electron chi connectivity index (χ1n) is 5.86. The zero-order valence-electron chi connectivity index (χ0n) is 10.3. The highest BCUT2D eigenvalue weighted by Crippen LogP contribution is 2.29. The number of rotatable bonds is 4. The van der Waals surface area contributed by atoms with E-state index in [-0.39, 0.29) is 0 Å². The molecule has 0 aliphatic heterocycles. The first-order chi connectivity index (χ1) is 8.70. The molecule has 0 aliphatic rings. The molecule has 0 bridgehead atoms. The van der Waals surface area contributed by atoms with Gasteiger partial charge >= 0.3 is 0 Å². The van der Waals surface area contributed by atoms with Crippen LogP contribution in [-0.2, 0) is 12.3 Å². The molecule has 0 amide bonds. The van der Waals surface area contributed by atoms with E-state index in [1.165, 1.54) is 16.0 Å². The van der Waals surface area contributed by atoms with Crippen molar-refractivity contribution in [2.24, 2.45) is 5.73 Å². The largest absolute Gasteiger partial charge is 0.326 e. The van der Waals surface area contributed by atoms with Gasteiger partial charge in [-0.25, -0.2) is 0 Å². The van der Waals surface area contributed by atoms with Crippen molar-refractivity contribution in [3.63, 3.8) is 0 Å². The van der Waals surface area contributed by atoms with Gasteiger partial charge in [0.25, 0.3) is 0 Å². The molecule has 0 saturated carbocycles. The molecule has 18 heavy (non-hydrogen) atoms. The monoisotopic (exact) mass is 277 g/mol. The maximum absolute atomic E-state index is 6.03. The standard InChI is InChI=1S/C15H16ClNS/c1-11-4-2-3-5-13(11)10-18-15-8-14(16)7-6-12(15)9-17/h2-8H,9-10,17H2,1H3. The van der Waals surface area contributed by atoms with Crippen LogP contribution in [0.4, 0.5) is 0 Å². The number of hydrogen-bond acceptors (Lipinski definition) is 2. The molecule has 2 N–H and O–H groups in total. The second-order valence-electron chi connectivity index (χ2n) is 4.17. The molecule has 0 fully saturated rings. The Morgan fingerprint density at radius 1 is 1.11 bits per heavy atom. The van der Waals surface area contributed by atoms with Gasteiger partial charge in [-0.1, -0.05) is 41.9 Å². The number of aryl methyl sites for hydroxylation is 1. The van der Waals surface area contributed by atoms with Gasteiger partial charge in [0.2, 0.25) is 0 Å². The molecule has 2 aromatic carbocycles. The molecule has 0 aliphatic carbocycles. The van der Waals surface area contributed by atoms with E-state index >= 15 is 0 Å². The maximum Gasteiger partial charge on any atom is 0.0417 e. The van der Waals surface area contributed by atoms with Gasteiger partial charge in [0, 0.05) is 22.2 Å². The Hall–Kier alpha value is -0.960. The van der Waals surface area contributed by atoms with E-state index in [0.717, 1.165) is 16.3 Å². The van der Waals surface area contributed by atoms with Crippen molar-refractivity contribution in [3.8, 4) is 0 Å². The lowest BCUT2D eigenvalue weighted by Crippen LogP contribution is -1.98. The predicted octanol–water partition coefficient (Wildman–Crippen LogP) is 4.40. The van der Waals surface area contributed by atoms with E-state index in [4.69, 9.17) is 17.3 Å². The maximum atomic E-state index is 6.03. The van der Waals surface area contributed by atoms with E-state index in [1.54, 1.807) is 11.8 Å². The second-order valence-corrected chi connectivity index (χ2v) is 5.62. The molecule has 0 spiro atoms. The third kappa shape index (κ3) is 3.29. The van der Waals surface area contributed by atoms with Crippen molar-refractivity contribution in [3.05, 3.63) is 64.2 Å². The summed E-state index contributed by atoms with van der Waals surface area (Å²) in [7, 11) is 0. The van der Waals surface area contributed by atoms with E-state index in [1.807, 2.05) is 18.2 Å². The molecule has 2 rings (SSSR count). The Kier molecular flexibility index (Phi) is 4.70. The summed E-state index contributed by atoms with van der Waals surface area (Å²) in [5.41, 5.74) is 9.57. The summed E-state index contributed by atoms with van der Waals surface area (Å²) < 4.78 is 0. The minimum absolute atomic E-state index is 0.549. The number of benzene rings is 2. The van der Waals surface area contributed by atoms with Crippen LogP contribution in [0.2, 0.25) is 5.02 Å². The van der Waals surface area contributed by atoms with Crippen LogP contribution in [-0.4, -0.2) is 0 Å². The summed E-state index contributed by atoms with van der Waals surface area (Å²) in [6.07, 6.45) is 0. The first kappa shape index (κ1) is 13.5. The van der Waals surface area contributed by atoms with Crippen molar-refractivity contribution in [1.29, 1.82) is 0 Å². The van der Waals surface area contributed by atoms with Crippen LogP contribution in [0.1, 0.15) is 16.7 Å². The second kappa shape index (κ2) is 6.28. The molecule has 94 valence electrons. The lowest BCUT2D eigenvalue weighted by Gasteiger charge is -2.09. The Morgan fingerprint density at radius 3 is 2.61 bits per heavy atom. The molecule has 0 saturated heterocycles. The molecule has 1 nitrogen and oxygen atoms in total. The van der Waals surface area contributed by atoms with E-state index in [2.05, 4.69) is 31.2 Å². The zero-order valence-corrected chi connectivity index (χ0v) is 11.9. The number of nitrogens with two attached hydrogens (primary N) is 1. The van der Waals surface area contributed by atoms with Crippen molar-refractivity contribution in [2.45, 2.75) is 24.1 Å². The number of hydrogen-bond donors (Lipinski definition) is 1. The van der Waals surface area contributed by atoms with Gasteiger partial charge in [0.15, 0.2) is 0 Å². The summed E-state index contributed by atoms with van der Waals surface area (Å²) >= 11 is 7.82. The first-order valence-corrected chi connectivity index (χ1v) is 7.23. The molecule has 0 aromatic heterocycles. The van der Waals surface area contributed by atoms with Crippen LogP contribution in [0.15, 0.2) is 47.4 Å². The summed E-state index contributed by atoms with van der Waals surface area (Å²) in [5.74, 6) is 0.944. The topological polar surface area (TPSA) is 26.0 Å². The minimum Gasteiger partial charge on any atom is -0.326 e. The summed E-state index contributed by atoms with van der Waals surface area (Å²) in [6.45, 7) is 2.69. The SMILES string of the molecule is Cc1ccccc1CSc1cc(Cl)ccc1CN. The normalized spacial score (nSPS) is 10.6. The van der Waals surface area contributed by atoms with Crippen molar-refractivity contribution < 1.29 is 0 Å². The highest BCUT2D eigenvalue weighted by Gasteiger charge is 2.04. The lowest BCUT2D eigenvalue weighted by atomic mass is 10.1. The van der Waals surface area contributed by atoms with Gasteiger partial charge in [-0.05, 0) is 35.7 Å². The van der Waals surface area contributed by atoms with Crippen molar-refractivity contribution >= 4 is 23.4 Å². The predicted molar refractivity (Wildman–Crippen MR) is 80.1 cm³/mol. The molecule has 0 unspecified atom stereocenters. The Balaban J connectivity index is 2.15. The van der Waals surface area contributed by atoms with E-state index in [0.29, 0.717) is 6.54 Å². The number of halogens is 1. The molecule has 3 heteroatoms. The van der Waals surface area contributed by atoms with Crippen molar-refractivity contribution in [1.82, 2.24) is 0 Å². The van der Waals surface area contributed by atoms with E-state index < -0.39 is 0 Å². The fourth-order valence-corrected chi connectivity index (χ4v) is 3.18. The van der Waals surface area contributed by atoms with Crippen LogP contribution in [0.5, 0.6) is 0 Å². The fraction of sp³-hybridized carbons (Fsp3) is 0.200. The summed E-state index contributed by atoms with van der Waals surface area (Å²) in [5, 5.41) is 0.763. The minimum atomic E-state index is 0.549. The molecule has 0 radical (unpaired) electrons. The van der Waals surface area contributed by atoms with Gasteiger partial charge in [0.05, 0.1) is 0 Å². The molecule has 0 heterocycles. The zero-order chi connectivity index (χ0) is 13.0. The third-order valence-electron chi connectivity index (χ3n) is 2.89. The summed E-state index contributed by atoms with van der Waals surface area (Å²) in [4.78, 5) is 1.17. The Morgan fingerprint density at radius 2 is 1.89 bits per heavy atom. The molecule has 0 atom stereocenters. The van der Waals surface area contributed by atoms with Crippen LogP contribution in [0.3, 0.4) is 0 Å². The number of thioether (sulfide) groups is 1.